The van der Waals surface area contributed by atoms with Gasteiger partial charge in [-0.2, -0.15) is 0 Å². The van der Waals surface area contributed by atoms with Crippen LogP contribution in [-0.4, -0.2) is 11.0 Å². The first-order valence-corrected chi connectivity index (χ1v) is 7.88. The summed E-state index contributed by atoms with van der Waals surface area (Å²) >= 11 is 9.43. The van der Waals surface area contributed by atoms with Gasteiger partial charge in [0.2, 0.25) is 0 Å². The lowest BCUT2D eigenvalue weighted by Gasteiger charge is -2.29. The summed E-state index contributed by atoms with van der Waals surface area (Å²) in [6.45, 7) is 2.29. The number of nitrogens with zero attached hydrogens (tertiary/aromatic N) is 1. The van der Waals surface area contributed by atoms with Crippen LogP contribution in [0.5, 0.6) is 0 Å². The van der Waals surface area contributed by atoms with Gasteiger partial charge in [-0.05, 0) is 65.9 Å². The van der Waals surface area contributed by atoms with Crippen molar-refractivity contribution in [1.82, 2.24) is 4.98 Å². The van der Waals surface area contributed by atoms with E-state index >= 15 is 0 Å². The molecule has 0 radical (unpaired) electrons. The molecule has 1 N–H and O–H groups in total. The molecule has 0 spiro atoms. The normalized spacial score (nSPS) is 31.6. The molecule has 2 nitrogen and oxygen atoms in total. The lowest BCUT2D eigenvalue weighted by molar-refractivity contribution is 0.304. The molecule has 18 heavy (non-hydrogen) atoms. The maximum absolute atomic E-state index is 5.91. The van der Waals surface area contributed by atoms with Crippen LogP contribution in [0.4, 0.5) is 5.82 Å². The molecular formula is C14H18BrClN2. The molecule has 0 aromatic carbocycles. The third-order valence-corrected chi connectivity index (χ3v) is 5.42. The first-order valence-electron chi connectivity index (χ1n) is 6.71. The van der Waals surface area contributed by atoms with E-state index < -0.39 is 0 Å². The summed E-state index contributed by atoms with van der Waals surface area (Å²) in [6, 6.07) is 2.38. The maximum Gasteiger partial charge on any atom is 0.140 e. The number of anilines is 1. The van der Waals surface area contributed by atoms with E-state index in [4.69, 9.17) is 11.6 Å². The van der Waals surface area contributed by atoms with E-state index in [2.05, 4.69) is 33.2 Å². The number of pyridine rings is 1. The van der Waals surface area contributed by atoms with Crippen molar-refractivity contribution in [2.24, 2.45) is 17.8 Å². The highest BCUT2D eigenvalue weighted by atomic mass is 79.9. The Morgan fingerprint density at radius 3 is 2.89 bits per heavy atom. The Hall–Kier alpha value is -0.280. The number of aromatic nitrogens is 1. The molecule has 1 aromatic rings. The zero-order valence-electron chi connectivity index (χ0n) is 10.5. The Morgan fingerprint density at radius 2 is 2.28 bits per heavy atom. The molecule has 98 valence electrons. The van der Waals surface area contributed by atoms with Crippen LogP contribution in [0.15, 0.2) is 16.7 Å². The van der Waals surface area contributed by atoms with E-state index in [0.29, 0.717) is 11.1 Å². The second-order valence-corrected chi connectivity index (χ2v) is 7.05. The predicted octanol–water partition coefficient (Wildman–Crippen LogP) is 4.73. The molecule has 2 fully saturated rings. The van der Waals surface area contributed by atoms with Gasteiger partial charge in [-0.15, -0.1) is 0 Å². The predicted molar refractivity (Wildman–Crippen MR) is 79.0 cm³/mol. The van der Waals surface area contributed by atoms with Crippen LogP contribution in [0, 0.1) is 17.8 Å². The van der Waals surface area contributed by atoms with E-state index in [1.807, 2.05) is 6.07 Å². The molecular weight excluding hydrogens is 312 g/mol. The second kappa shape index (κ2) is 5.01. The number of halogens is 2. The van der Waals surface area contributed by atoms with Crippen LogP contribution >= 0.6 is 27.5 Å². The fraction of sp³-hybridized carbons (Fsp3) is 0.643. The Morgan fingerprint density at radius 1 is 1.44 bits per heavy atom. The molecule has 2 aliphatic rings. The fourth-order valence-electron chi connectivity index (χ4n) is 3.75. The van der Waals surface area contributed by atoms with Gasteiger partial charge in [0.05, 0.1) is 9.50 Å². The summed E-state index contributed by atoms with van der Waals surface area (Å²) in [6.07, 6.45) is 7.42. The van der Waals surface area contributed by atoms with Gasteiger partial charge in [-0.25, -0.2) is 4.98 Å². The lowest BCUT2D eigenvalue weighted by atomic mass is 9.84. The van der Waals surface area contributed by atoms with E-state index in [-0.39, 0.29) is 0 Å². The van der Waals surface area contributed by atoms with Crippen LogP contribution < -0.4 is 5.32 Å². The highest BCUT2D eigenvalue weighted by molar-refractivity contribution is 9.10. The minimum absolute atomic E-state index is 0.491. The van der Waals surface area contributed by atoms with Gasteiger partial charge in [0.15, 0.2) is 0 Å². The average molecular weight is 330 g/mol. The second-order valence-electron chi connectivity index (χ2n) is 5.76. The Bertz CT molecular complexity index is 451. The first-order chi connectivity index (χ1) is 8.63. The Labute approximate surface area is 122 Å². The molecule has 0 amide bonds. The molecule has 1 aromatic heterocycles. The van der Waals surface area contributed by atoms with Crippen molar-refractivity contribution in [3.63, 3.8) is 0 Å². The van der Waals surface area contributed by atoms with Crippen molar-refractivity contribution >= 4 is 33.3 Å². The third-order valence-electron chi connectivity index (χ3n) is 4.61. The van der Waals surface area contributed by atoms with Crippen molar-refractivity contribution in [3.8, 4) is 0 Å². The van der Waals surface area contributed by atoms with Gasteiger partial charge in [-0.3, -0.25) is 0 Å². The molecule has 2 bridgehead atoms. The minimum Gasteiger partial charge on any atom is -0.366 e. The quantitative estimate of drug-likeness (QED) is 0.867. The van der Waals surface area contributed by atoms with Gasteiger partial charge in [0, 0.05) is 12.2 Å². The Kier molecular flexibility index (Phi) is 3.55. The summed E-state index contributed by atoms with van der Waals surface area (Å²) in [5, 5.41) is 4.21. The number of hydrogen-bond donors (Lipinski definition) is 1. The van der Waals surface area contributed by atoms with Gasteiger partial charge >= 0.3 is 0 Å². The van der Waals surface area contributed by atoms with E-state index in [1.165, 1.54) is 25.7 Å². The monoisotopic (exact) mass is 328 g/mol. The molecule has 2 saturated carbocycles. The average Bonchev–Trinajstić information content (AvgIpc) is 2.94. The van der Waals surface area contributed by atoms with Crippen LogP contribution in [0.3, 0.4) is 0 Å². The van der Waals surface area contributed by atoms with Crippen molar-refractivity contribution in [2.75, 3.05) is 5.32 Å². The van der Waals surface area contributed by atoms with Crippen molar-refractivity contribution in [1.29, 1.82) is 0 Å². The van der Waals surface area contributed by atoms with E-state index in [9.17, 15) is 0 Å². The lowest BCUT2D eigenvalue weighted by Crippen LogP contribution is -2.30. The number of rotatable bonds is 3. The van der Waals surface area contributed by atoms with Crippen molar-refractivity contribution in [3.05, 3.63) is 21.8 Å². The van der Waals surface area contributed by atoms with Gasteiger partial charge in [0.1, 0.15) is 5.82 Å². The molecule has 4 heteroatoms. The first kappa shape index (κ1) is 12.7. The number of fused-ring (bicyclic) bond motifs is 2. The standard InChI is InChI=1S/C14H18BrClN2/c1-8(12-5-9-2-3-10(12)4-9)18-14-13(15)6-11(16)7-17-14/h6-10,12H,2-5H2,1H3,(H,17,18). The highest BCUT2D eigenvalue weighted by Crippen LogP contribution is 2.49. The summed E-state index contributed by atoms with van der Waals surface area (Å²) in [7, 11) is 0. The van der Waals surface area contributed by atoms with Gasteiger partial charge in [-0.1, -0.05) is 18.0 Å². The summed E-state index contributed by atoms with van der Waals surface area (Å²) in [5.74, 6) is 3.65. The molecule has 0 saturated heterocycles. The molecule has 0 aliphatic heterocycles. The summed E-state index contributed by atoms with van der Waals surface area (Å²) < 4.78 is 0.949. The van der Waals surface area contributed by atoms with Gasteiger partial charge in [0.25, 0.3) is 0 Å². The van der Waals surface area contributed by atoms with E-state index in [0.717, 1.165) is 28.0 Å². The van der Waals surface area contributed by atoms with Gasteiger partial charge < -0.3 is 5.32 Å². The molecule has 1 heterocycles. The largest absolute Gasteiger partial charge is 0.366 e. The van der Waals surface area contributed by atoms with Crippen LogP contribution in [0.2, 0.25) is 5.02 Å². The topological polar surface area (TPSA) is 24.9 Å². The molecule has 2 aliphatic carbocycles. The van der Waals surface area contributed by atoms with E-state index in [1.54, 1.807) is 6.20 Å². The molecule has 3 rings (SSSR count). The number of nitrogens with one attached hydrogen (secondary N) is 1. The van der Waals surface area contributed by atoms with Crippen LogP contribution in [0.25, 0.3) is 0 Å². The molecule has 4 atom stereocenters. The maximum atomic E-state index is 5.91. The third kappa shape index (κ3) is 2.39. The number of hydrogen-bond acceptors (Lipinski definition) is 2. The minimum atomic E-state index is 0.491. The summed E-state index contributed by atoms with van der Waals surface area (Å²) in [5.41, 5.74) is 0. The fourth-order valence-corrected chi connectivity index (χ4v) is 4.50. The SMILES string of the molecule is CC(Nc1ncc(Cl)cc1Br)C1CC2CCC1C2. The van der Waals surface area contributed by atoms with Crippen LogP contribution in [0.1, 0.15) is 32.6 Å². The van der Waals surface area contributed by atoms with Crippen LogP contribution in [-0.2, 0) is 0 Å². The highest BCUT2D eigenvalue weighted by Gasteiger charge is 2.41. The zero-order chi connectivity index (χ0) is 12.7. The smallest absolute Gasteiger partial charge is 0.140 e. The van der Waals surface area contributed by atoms with Crippen molar-refractivity contribution in [2.45, 2.75) is 38.6 Å². The van der Waals surface area contributed by atoms with Crippen molar-refractivity contribution < 1.29 is 0 Å². The summed E-state index contributed by atoms with van der Waals surface area (Å²) in [4.78, 5) is 4.36. The zero-order valence-corrected chi connectivity index (χ0v) is 12.8. The molecule has 4 unspecified atom stereocenters. The Balaban J connectivity index is 1.69.